The molecule has 0 heterocycles. The number of hydrogen-bond donors (Lipinski definition) is 1. The highest BCUT2D eigenvalue weighted by molar-refractivity contribution is 7.33. The fraction of sp³-hybridized carbons (Fsp3) is 0.500. The van der Waals surface area contributed by atoms with Crippen molar-refractivity contribution in [1.82, 2.24) is 0 Å². The Bertz CT molecular complexity index is 506. The molecule has 10 heteroatoms. The summed E-state index contributed by atoms with van der Waals surface area (Å²) in [4.78, 5) is 0. The van der Waals surface area contributed by atoms with Crippen LogP contribution in [0.5, 0.6) is 0 Å². The van der Waals surface area contributed by atoms with Gasteiger partial charge in [-0.2, -0.15) is 0 Å². The Morgan fingerprint density at radius 3 is 2.05 bits per heavy atom. The van der Waals surface area contributed by atoms with Gasteiger partial charge in [0, 0.05) is 15.6 Å². The Balaban J connectivity index is 2.82. The second-order valence-corrected chi connectivity index (χ2v) is 6.49. The highest BCUT2D eigenvalue weighted by Crippen LogP contribution is 2.29. The fourth-order valence-electron chi connectivity index (χ4n) is 1.59. The number of benzene rings is 1. The van der Waals surface area contributed by atoms with E-state index in [1.165, 1.54) is 32.4 Å². The van der Waals surface area contributed by atoms with Gasteiger partial charge >= 0.3 is 16.5 Å². The monoisotopic (exact) mass is 354 g/mol. The van der Waals surface area contributed by atoms with Crippen molar-refractivity contribution in [3.05, 3.63) is 35.6 Å². The minimum absolute atomic E-state index is 0.195. The van der Waals surface area contributed by atoms with Crippen LogP contribution in [-0.2, 0) is 33.6 Å². The molecule has 0 bridgehead atoms. The van der Waals surface area contributed by atoms with Crippen molar-refractivity contribution in [2.24, 2.45) is 0 Å². The quantitative estimate of drug-likeness (QED) is 0.646. The van der Waals surface area contributed by atoms with Gasteiger partial charge in [0.1, 0.15) is 24.6 Å². The van der Waals surface area contributed by atoms with Crippen LogP contribution in [0.1, 0.15) is 5.56 Å². The molecule has 0 spiro atoms. The summed E-state index contributed by atoms with van der Waals surface area (Å²) in [6.07, 6.45) is -0.195. The first-order valence-electron chi connectivity index (χ1n) is 6.14. The summed E-state index contributed by atoms with van der Waals surface area (Å²) in [6, 6.07) is 5.83. The Labute approximate surface area is 129 Å². The third-order valence-corrected chi connectivity index (χ3v) is 3.93. The van der Waals surface area contributed by atoms with Crippen LogP contribution in [0.25, 0.3) is 0 Å². The maximum absolute atomic E-state index is 13.7. The molecule has 0 aliphatic heterocycles. The van der Waals surface area contributed by atoms with E-state index in [1.807, 2.05) is 0 Å². The van der Waals surface area contributed by atoms with Gasteiger partial charge in [0.25, 0.3) is 0 Å². The van der Waals surface area contributed by atoms with Crippen molar-refractivity contribution in [2.45, 2.75) is 12.0 Å². The van der Waals surface area contributed by atoms with Crippen LogP contribution in [0.2, 0.25) is 0 Å². The van der Waals surface area contributed by atoms with Gasteiger partial charge in [-0.3, -0.25) is 0 Å². The molecular formula is C12H17FO7P2+2. The molecule has 0 amide bonds. The highest BCUT2D eigenvalue weighted by atomic mass is 31.1. The summed E-state index contributed by atoms with van der Waals surface area (Å²) in [6.45, 7) is -0.922. The van der Waals surface area contributed by atoms with E-state index < -0.39 is 41.1 Å². The predicted octanol–water partition coefficient (Wildman–Crippen LogP) is 2.74. The SMILES string of the molecule is CO[P+](=O)OCC(O)(CO[P+](=O)OC)Cc1ccccc1F. The zero-order chi connectivity index (χ0) is 16.6. The summed E-state index contributed by atoms with van der Waals surface area (Å²) >= 11 is 0. The molecule has 0 aromatic heterocycles. The fourth-order valence-corrected chi connectivity index (χ4v) is 2.49. The first kappa shape index (κ1) is 19.2. The molecule has 1 aromatic carbocycles. The van der Waals surface area contributed by atoms with Crippen LogP contribution in [-0.4, -0.2) is 38.1 Å². The van der Waals surface area contributed by atoms with Crippen LogP contribution in [0.3, 0.4) is 0 Å². The normalized spacial score (nSPS) is 15.3. The number of aliphatic hydroxyl groups is 1. The van der Waals surface area contributed by atoms with Crippen molar-refractivity contribution in [2.75, 3.05) is 27.4 Å². The lowest BCUT2D eigenvalue weighted by atomic mass is 9.96. The van der Waals surface area contributed by atoms with Gasteiger partial charge in [0.15, 0.2) is 0 Å². The summed E-state index contributed by atoms with van der Waals surface area (Å²) in [7, 11) is -2.49. The molecule has 122 valence electrons. The lowest BCUT2D eigenvalue weighted by Gasteiger charge is -2.22. The molecule has 0 aliphatic carbocycles. The number of hydrogen-bond acceptors (Lipinski definition) is 7. The molecule has 22 heavy (non-hydrogen) atoms. The van der Waals surface area contributed by atoms with Gasteiger partial charge in [-0.25, -0.2) is 4.39 Å². The van der Waals surface area contributed by atoms with Crippen molar-refractivity contribution in [3.63, 3.8) is 0 Å². The van der Waals surface area contributed by atoms with E-state index in [-0.39, 0.29) is 12.0 Å². The van der Waals surface area contributed by atoms with Gasteiger partial charge < -0.3 is 5.11 Å². The molecular weight excluding hydrogens is 337 g/mol. The lowest BCUT2D eigenvalue weighted by molar-refractivity contribution is -0.0417. The lowest BCUT2D eigenvalue weighted by Crippen LogP contribution is -2.41. The van der Waals surface area contributed by atoms with Crippen LogP contribution in [0, 0.1) is 5.82 Å². The largest absolute Gasteiger partial charge is 0.697 e. The van der Waals surface area contributed by atoms with Gasteiger partial charge in [0.2, 0.25) is 0 Å². The Kier molecular flexibility index (Phi) is 8.14. The van der Waals surface area contributed by atoms with E-state index in [0.29, 0.717) is 0 Å². The first-order valence-corrected chi connectivity index (χ1v) is 8.33. The average Bonchev–Trinajstić information content (AvgIpc) is 2.52. The number of rotatable bonds is 10. The third kappa shape index (κ3) is 6.50. The van der Waals surface area contributed by atoms with Crippen molar-refractivity contribution in [3.8, 4) is 0 Å². The minimum atomic E-state index is -2.42. The minimum Gasteiger partial charge on any atom is -0.384 e. The van der Waals surface area contributed by atoms with E-state index in [2.05, 4.69) is 9.05 Å². The zero-order valence-corrected chi connectivity index (χ0v) is 13.9. The molecule has 0 radical (unpaired) electrons. The van der Waals surface area contributed by atoms with Crippen molar-refractivity contribution >= 4 is 16.5 Å². The standard InChI is InChI=1S/C12H17FO7P2/c1-17-21(15)19-8-12(14,9-20-22(16)18-2)7-10-5-3-4-6-11(10)13/h3-6,14H,7-9H2,1-2H3/q+2. The Hall–Kier alpha value is -0.850. The summed E-state index contributed by atoms with van der Waals surface area (Å²) in [5.74, 6) is -0.520. The molecule has 1 aromatic rings. The molecule has 0 aliphatic rings. The molecule has 1 rings (SSSR count). The van der Waals surface area contributed by atoms with Gasteiger partial charge in [-0.05, 0) is 11.6 Å². The van der Waals surface area contributed by atoms with Crippen LogP contribution in [0.15, 0.2) is 24.3 Å². The van der Waals surface area contributed by atoms with Crippen molar-refractivity contribution in [1.29, 1.82) is 0 Å². The topological polar surface area (TPSA) is 91.3 Å². The van der Waals surface area contributed by atoms with Crippen LogP contribution < -0.4 is 0 Å². The van der Waals surface area contributed by atoms with E-state index in [1.54, 1.807) is 6.07 Å². The summed E-state index contributed by atoms with van der Waals surface area (Å²) in [5, 5.41) is 10.5. The molecule has 0 saturated heterocycles. The average molecular weight is 354 g/mol. The van der Waals surface area contributed by atoms with E-state index in [4.69, 9.17) is 9.05 Å². The Morgan fingerprint density at radius 2 is 1.59 bits per heavy atom. The second-order valence-electron chi connectivity index (χ2n) is 4.35. The zero-order valence-electron chi connectivity index (χ0n) is 12.1. The number of halogens is 1. The van der Waals surface area contributed by atoms with Gasteiger partial charge in [-0.15, -0.1) is 18.1 Å². The van der Waals surface area contributed by atoms with E-state index >= 15 is 0 Å². The third-order valence-electron chi connectivity index (χ3n) is 2.65. The summed E-state index contributed by atoms with van der Waals surface area (Å²) < 4.78 is 54.6. The molecule has 2 unspecified atom stereocenters. The molecule has 1 N–H and O–H groups in total. The molecule has 7 nitrogen and oxygen atoms in total. The molecule has 2 atom stereocenters. The molecule has 0 saturated carbocycles. The predicted molar refractivity (Wildman–Crippen MR) is 76.2 cm³/mol. The van der Waals surface area contributed by atoms with Gasteiger partial charge in [-0.1, -0.05) is 18.2 Å². The Morgan fingerprint density at radius 1 is 1.09 bits per heavy atom. The maximum Gasteiger partial charge on any atom is 0.697 e. The van der Waals surface area contributed by atoms with Crippen LogP contribution >= 0.6 is 16.5 Å². The second kappa shape index (κ2) is 9.33. The van der Waals surface area contributed by atoms with E-state index in [0.717, 1.165) is 0 Å². The van der Waals surface area contributed by atoms with Crippen LogP contribution in [0.4, 0.5) is 4.39 Å². The molecule has 0 fully saturated rings. The first-order chi connectivity index (χ1) is 10.4. The van der Waals surface area contributed by atoms with E-state index in [9.17, 15) is 18.6 Å². The smallest absolute Gasteiger partial charge is 0.384 e. The highest BCUT2D eigenvalue weighted by Gasteiger charge is 2.38. The van der Waals surface area contributed by atoms with Crippen molar-refractivity contribution < 1.29 is 36.7 Å². The summed E-state index contributed by atoms with van der Waals surface area (Å²) in [5.41, 5.74) is -1.55. The van der Waals surface area contributed by atoms with Gasteiger partial charge in [0.05, 0.1) is 14.2 Å². The maximum atomic E-state index is 13.7.